The number of carbonyl (C=O) groups excluding carboxylic acids is 1. The van der Waals surface area contributed by atoms with Crippen molar-refractivity contribution in [2.45, 2.75) is 19.3 Å². The van der Waals surface area contributed by atoms with Crippen molar-refractivity contribution in [1.29, 1.82) is 0 Å². The first-order valence-electron chi connectivity index (χ1n) is 10.1. The quantitative estimate of drug-likeness (QED) is 0.478. The van der Waals surface area contributed by atoms with Crippen LogP contribution in [0.15, 0.2) is 30.3 Å². The minimum Gasteiger partial charge on any atom is -0.486 e. The summed E-state index contributed by atoms with van der Waals surface area (Å²) < 4.78 is 12.1. The second-order valence-corrected chi connectivity index (χ2v) is 8.47. The summed E-state index contributed by atoms with van der Waals surface area (Å²) in [6, 6.07) is 8.10. The number of nitrogens with zero attached hydrogens (tertiary/aromatic N) is 3. The predicted octanol–water partition coefficient (Wildman–Crippen LogP) is 4.22. The number of hydrogen-bond donors (Lipinski definition) is 1. The van der Waals surface area contributed by atoms with E-state index in [2.05, 4.69) is 15.2 Å². The molecular formula is C21H20N4O5S. The zero-order valence-corrected chi connectivity index (χ0v) is 17.4. The van der Waals surface area contributed by atoms with Gasteiger partial charge in [0.1, 0.15) is 13.2 Å². The second kappa shape index (κ2) is 8.03. The molecule has 1 saturated heterocycles. The van der Waals surface area contributed by atoms with Crippen molar-refractivity contribution in [3.63, 3.8) is 0 Å². The lowest BCUT2D eigenvalue weighted by molar-refractivity contribution is -0.384. The molecule has 0 atom stereocenters. The van der Waals surface area contributed by atoms with Gasteiger partial charge in [-0.1, -0.05) is 11.3 Å². The molecule has 9 nitrogen and oxygen atoms in total. The first-order chi connectivity index (χ1) is 15.1. The van der Waals surface area contributed by atoms with Gasteiger partial charge in [-0.15, -0.1) is 0 Å². The Morgan fingerprint density at radius 2 is 1.84 bits per heavy atom. The summed E-state index contributed by atoms with van der Waals surface area (Å²) in [7, 11) is 0. The van der Waals surface area contributed by atoms with E-state index in [1.807, 2.05) is 6.07 Å². The highest BCUT2D eigenvalue weighted by Crippen LogP contribution is 2.38. The molecule has 31 heavy (non-hydrogen) atoms. The van der Waals surface area contributed by atoms with Gasteiger partial charge in [0.15, 0.2) is 16.6 Å². The van der Waals surface area contributed by atoms with Crippen LogP contribution in [0, 0.1) is 10.1 Å². The Hall–Kier alpha value is -3.40. The van der Waals surface area contributed by atoms with Crippen LogP contribution < -0.4 is 19.7 Å². The molecule has 1 N–H and O–H groups in total. The topological polar surface area (TPSA) is 107 Å². The van der Waals surface area contributed by atoms with Crippen LogP contribution in [0.2, 0.25) is 0 Å². The van der Waals surface area contributed by atoms with Gasteiger partial charge in [0.05, 0.1) is 26.4 Å². The summed E-state index contributed by atoms with van der Waals surface area (Å²) in [4.78, 5) is 30.6. The number of nitrogens with one attached hydrogen (secondary N) is 1. The number of ether oxygens (including phenoxy) is 2. The Morgan fingerprint density at radius 1 is 1.10 bits per heavy atom. The third-order valence-corrected chi connectivity index (χ3v) is 6.34. The Bertz CT molecular complexity index is 1130. The minimum absolute atomic E-state index is 0.114. The molecule has 2 aliphatic heterocycles. The molecule has 0 bridgehead atoms. The standard InChI is InChI=1S/C21H20N4O5S/c26-20(14-10-13(25(27)28)4-5-16(14)24-6-2-1-3-7-24)23-21-22-15-11-17-18(12-19(15)31-21)30-9-8-29-17/h4-5,10-12H,1-3,6-9H2,(H,22,23,26). The SMILES string of the molecule is O=C(Nc1nc2cc3c(cc2s1)OCCO3)c1cc([N+](=O)[O-])ccc1N1CCCCC1. The van der Waals surface area contributed by atoms with Crippen LogP contribution in [0.5, 0.6) is 11.5 Å². The molecule has 160 valence electrons. The molecule has 1 aromatic heterocycles. The molecule has 2 aliphatic rings. The van der Waals surface area contributed by atoms with Crippen LogP contribution in [-0.4, -0.2) is 42.1 Å². The number of non-ortho nitro benzene ring substituents is 1. The molecule has 0 unspecified atom stereocenters. The van der Waals surface area contributed by atoms with Crippen LogP contribution in [0.4, 0.5) is 16.5 Å². The number of fused-ring (bicyclic) bond motifs is 2. The average Bonchev–Trinajstić information content (AvgIpc) is 3.18. The predicted molar refractivity (Wildman–Crippen MR) is 118 cm³/mol. The third-order valence-electron chi connectivity index (χ3n) is 5.41. The number of aromatic nitrogens is 1. The maximum Gasteiger partial charge on any atom is 0.270 e. The minimum atomic E-state index is -0.487. The highest BCUT2D eigenvalue weighted by Gasteiger charge is 2.23. The summed E-state index contributed by atoms with van der Waals surface area (Å²) in [5, 5.41) is 14.5. The number of hydrogen-bond acceptors (Lipinski definition) is 8. The van der Waals surface area contributed by atoms with Crippen molar-refractivity contribution < 1.29 is 19.2 Å². The van der Waals surface area contributed by atoms with E-state index in [4.69, 9.17) is 9.47 Å². The number of piperidine rings is 1. The Labute approximate surface area is 181 Å². The molecule has 5 rings (SSSR count). The van der Waals surface area contributed by atoms with Crippen LogP contribution in [0.1, 0.15) is 29.6 Å². The van der Waals surface area contributed by atoms with Crippen molar-refractivity contribution in [2.75, 3.05) is 36.5 Å². The number of carbonyl (C=O) groups is 1. The molecule has 0 aliphatic carbocycles. The first kappa shape index (κ1) is 19.6. The Morgan fingerprint density at radius 3 is 2.58 bits per heavy atom. The summed E-state index contributed by atoms with van der Waals surface area (Å²) in [6.07, 6.45) is 3.21. The normalized spacial score (nSPS) is 15.7. The molecule has 3 heterocycles. The molecule has 1 fully saturated rings. The van der Waals surface area contributed by atoms with Gasteiger partial charge >= 0.3 is 0 Å². The van der Waals surface area contributed by atoms with Gasteiger partial charge in [-0.25, -0.2) is 4.98 Å². The molecule has 10 heteroatoms. The number of amides is 1. The van der Waals surface area contributed by atoms with E-state index in [1.54, 1.807) is 12.1 Å². The fourth-order valence-corrected chi connectivity index (χ4v) is 4.78. The maximum atomic E-state index is 13.1. The highest BCUT2D eigenvalue weighted by atomic mass is 32.1. The summed E-state index contributed by atoms with van der Waals surface area (Å²) in [5.74, 6) is 0.875. The number of benzene rings is 2. The van der Waals surface area contributed by atoms with Crippen molar-refractivity contribution >= 4 is 44.0 Å². The van der Waals surface area contributed by atoms with E-state index in [1.165, 1.54) is 23.5 Å². The lowest BCUT2D eigenvalue weighted by Gasteiger charge is -2.30. The maximum absolute atomic E-state index is 13.1. The fourth-order valence-electron chi connectivity index (χ4n) is 3.91. The lowest BCUT2D eigenvalue weighted by Crippen LogP contribution is -2.31. The average molecular weight is 440 g/mol. The zero-order valence-electron chi connectivity index (χ0n) is 16.6. The number of nitro benzene ring substituents is 1. The zero-order chi connectivity index (χ0) is 21.4. The van der Waals surface area contributed by atoms with E-state index in [0.717, 1.165) is 37.1 Å². The van der Waals surface area contributed by atoms with Crippen LogP contribution in [0.3, 0.4) is 0 Å². The first-order valence-corrected chi connectivity index (χ1v) is 10.9. The molecule has 0 radical (unpaired) electrons. The lowest BCUT2D eigenvalue weighted by atomic mass is 10.1. The van der Waals surface area contributed by atoms with E-state index in [9.17, 15) is 14.9 Å². The number of thiazole rings is 1. The third kappa shape index (κ3) is 3.86. The van der Waals surface area contributed by atoms with Gasteiger partial charge in [-0.2, -0.15) is 0 Å². The smallest absolute Gasteiger partial charge is 0.270 e. The van der Waals surface area contributed by atoms with E-state index >= 15 is 0 Å². The van der Waals surface area contributed by atoms with Crippen molar-refractivity contribution in [2.24, 2.45) is 0 Å². The fraction of sp³-hybridized carbons (Fsp3) is 0.333. The molecular weight excluding hydrogens is 420 g/mol. The van der Waals surface area contributed by atoms with Crippen LogP contribution in [-0.2, 0) is 0 Å². The summed E-state index contributed by atoms with van der Waals surface area (Å²) >= 11 is 1.32. The monoisotopic (exact) mass is 440 g/mol. The molecule has 0 spiro atoms. The molecule has 2 aromatic carbocycles. The number of rotatable bonds is 4. The van der Waals surface area contributed by atoms with E-state index < -0.39 is 10.8 Å². The van der Waals surface area contributed by atoms with Crippen LogP contribution in [0.25, 0.3) is 10.2 Å². The van der Waals surface area contributed by atoms with Gasteiger partial charge in [-0.3, -0.25) is 20.2 Å². The van der Waals surface area contributed by atoms with E-state index in [-0.39, 0.29) is 11.3 Å². The number of anilines is 2. The Kier molecular flexibility index (Phi) is 5.06. The summed E-state index contributed by atoms with van der Waals surface area (Å²) in [5.41, 5.74) is 1.57. The second-order valence-electron chi connectivity index (χ2n) is 7.44. The van der Waals surface area contributed by atoms with Crippen LogP contribution >= 0.6 is 11.3 Å². The number of nitro groups is 1. The Balaban J connectivity index is 1.46. The molecule has 1 amide bonds. The van der Waals surface area contributed by atoms with Gasteiger partial charge in [-0.05, 0) is 25.3 Å². The van der Waals surface area contributed by atoms with Gasteiger partial charge < -0.3 is 14.4 Å². The molecule has 3 aromatic rings. The van der Waals surface area contributed by atoms with Gasteiger partial charge in [0, 0.05) is 37.4 Å². The van der Waals surface area contributed by atoms with Crippen molar-refractivity contribution in [3.8, 4) is 11.5 Å². The largest absolute Gasteiger partial charge is 0.486 e. The summed E-state index contributed by atoms with van der Waals surface area (Å²) in [6.45, 7) is 2.63. The van der Waals surface area contributed by atoms with Gasteiger partial charge in [0.25, 0.3) is 11.6 Å². The van der Waals surface area contributed by atoms with Crippen molar-refractivity contribution in [3.05, 3.63) is 46.0 Å². The van der Waals surface area contributed by atoms with Gasteiger partial charge in [0.2, 0.25) is 0 Å². The highest BCUT2D eigenvalue weighted by molar-refractivity contribution is 7.22. The molecule has 0 saturated carbocycles. The van der Waals surface area contributed by atoms with Crippen molar-refractivity contribution in [1.82, 2.24) is 4.98 Å². The van der Waals surface area contributed by atoms with E-state index in [0.29, 0.717) is 41.0 Å².